The summed E-state index contributed by atoms with van der Waals surface area (Å²) in [5.41, 5.74) is 0.209. The van der Waals surface area contributed by atoms with Crippen LogP contribution in [0.2, 0.25) is 0 Å². The fourth-order valence-corrected chi connectivity index (χ4v) is 3.20. The van der Waals surface area contributed by atoms with Gasteiger partial charge in [-0.15, -0.1) is 0 Å². The normalized spacial score (nSPS) is 9.93. The number of carboxylic acids is 2. The maximum absolute atomic E-state index is 12.6. The van der Waals surface area contributed by atoms with Gasteiger partial charge in [-0.25, -0.2) is 18.0 Å². The molecule has 0 spiro atoms. The first kappa shape index (κ1) is 25.2. The lowest BCUT2D eigenvalue weighted by atomic mass is 10.3. The van der Waals surface area contributed by atoms with E-state index in [-0.39, 0.29) is 32.1 Å². The van der Waals surface area contributed by atoms with Crippen LogP contribution in [0.1, 0.15) is 0 Å². The molecule has 0 saturated carbocycles. The molecule has 12 nitrogen and oxygen atoms in total. The predicted molar refractivity (Wildman–Crippen MR) is 98.1 cm³/mol. The first-order valence-electron chi connectivity index (χ1n) is 7.15. The lowest BCUT2D eigenvalue weighted by Gasteiger charge is -2.08. The number of carboxylic acid groups (broad SMARTS) is 2. The van der Waals surface area contributed by atoms with Gasteiger partial charge in [0.05, 0.1) is 9.79 Å². The van der Waals surface area contributed by atoms with Gasteiger partial charge in [0.15, 0.2) is 0 Å². The van der Waals surface area contributed by atoms with Gasteiger partial charge >= 0.3 is 23.8 Å². The first-order chi connectivity index (χ1) is 12.6. The Hall–Kier alpha value is -3.81. The Labute approximate surface area is 163 Å². The number of carbonyl (C=O) groups is 4. The summed E-state index contributed by atoms with van der Waals surface area (Å²) in [7, 11) is -3.92. The second-order valence-electron chi connectivity index (χ2n) is 5.07. The van der Waals surface area contributed by atoms with Crippen LogP contribution >= 0.6 is 0 Å². The summed E-state index contributed by atoms with van der Waals surface area (Å²) in [4.78, 5) is 42.9. The Morgan fingerprint density at radius 1 is 0.621 bits per heavy atom. The molecule has 0 heterocycles. The van der Waals surface area contributed by atoms with Crippen LogP contribution in [-0.4, -0.2) is 53.3 Å². The zero-order valence-corrected chi connectivity index (χ0v) is 15.2. The lowest BCUT2D eigenvalue weighted by Crippen LogP contribution is -2.21. The van der Waals surface area contributed by atoms with Crippen LogP contribution in [0.3, 0.4) is 0 Å². The molecule has 2 amide bonds. The van der Waals surface area contributed by atoms with E-state index >= 15 is 0 Å². The van der Waals surface area contributed by atoms with Crippen molar-refractivity contribution < 1.29 is 48.8 Å². The number of anilines is 2. The van der Waals surface area contributed by atoms with Gasteiger partial charge in [0.1, 0.15) is 0 Å². The van der Waals surface area contributed by atoms with E-state index in [0.29, 0.717) is 0 Å². The molecule has 0 aliphatic heterocycles. The number of amides is 2. The highest BCUT2D eigenvalue weighted by atomic mass is 32.2. The molecule has 2 rings (SSSR count). The largest absolute Gasteiger partial charge is 0.474 e. The number of carbonyl (C=O) groups excluding carboxylic acids is 2. The molecule has 0 radical (unpaired) electrons. The first-order valence-corrected chi connectivity index (χ1v) is 8.63. The fraction of sp³-hybridized carbons (Fsp3) is 0. The SMILES string of the molecule is O.O.O=C(O)C(=O)Nc1ccc(S(=O)(=O)c2ccc(NC(=O)C(=O)O)cc2)cc1. The Bertz CT molecular complexity index is 937. The van der Waals surface area contributed by atoms with Gasteiger partial charge in [0.2, 0.25) is 9.84 Å². The second-order valence-corrected chi connectivity index (χ2v) is 7.02. The van der Waals surface area contributed by atoms with Crippen molar-refractivity contribution in [3.05, 3.63) is 48.5 Å². The number of nitrogens with one attached hydrogen (secondary N) is 2. The van der Waals surface area contributed by atoms with Crippen LogP contribution in [-0.2, 0) is 29.0 Å². The van der Waals surface area contributed by atoms with E-state index < -0.39 is 33.6 Å². The van der Waals surface area contributed by atoms with Crippen LogP contribution < -0.4 is 10.6 Å². The molecule has 0 unspecified atom stereocenters. The van der Waals surface area contributed by atoms with Gasteiger partial charge in [0, 0.05) is 11.4 Å². The van der Waals surface area contributed by atoms with Crippen LogP contribution in [0.4, 0.5) is 11.4 Å². The number of hydrogen-bond acceptors (Lipinski definition) is 6. The number of hydrogen-bond donors (Lipinski definition) is 4. The van der Waals surface area contributed by atoms with Crippen LogP contribution in [0.15, 0.2) is 58.3 Å². The van der Waals surface area contributed by atoms with Gasteiger partial charge in [-0.1, -0.05) is 0 Å². The maximum atomic E-state index is 12.6. The molecule has 0 aromatic heterocycles. The van der Waals surface area contributed by atoms with E-state index in [2.05, 4.69) is 10.6 Å². The van der Waals surface area contributed by atoms with E-state index in [1.165, 1.54) is 48.5 Å². The van der Waals surface area contributed by atoms with Crippen molar-refractivity contribution >= 4 is 45.0 Å². The monoisotopic (exact) mass is 428 g/mol. The molecule has 0 bridgehead atoms. The van der Waals surface area contributed by atoms with Crippen LogP contribution in [0, 0.1) is 0 Å². The summed E-state index contributed by atoms with van der Waals surface area (Å²) in [5, 5.41) is 21.2. The van der Waals surface area contributed by atoms with E-state index in [9.17, 15) is 27.6 Å². The van der Waals surface area contributed by atoms with Gasteiger partial charge in [0.25, 0.3) is 0 Å². The van der Waals surface area contributed by atoms with E-state index in [1.807, 2.05) is 0 Å². The Balaban J connectivity index is 0.00000392. The number of aliphatic carboxylic acids is 2. The molecule has 8 N–H and O–H groups in total. The van der Waals surface area contributed by atoms with Crippen molar-refractivity contribution in [1.82, 2.24) is 0 Å². The zero-order valence-electron chi connectivity index (χ0n) is 14.4. The topological polar surface area (TPSA) is 230 Å². The third-order valence-electron chi connectivity index (χ3n) is 3.23. The molecule has 2 aromatic rings. The van der Waals surface area contributed by atoms with Crippen molar-refractivity contribution in [3.8, 4) is 0 Å². The predicted octanol–water partition coefficient (Wildman–Crippen LogP) is -1.08. The van der Waals surface area contributed by atoms with Crippen LogP contribution in [0.25, 0.3) is 0 Å². The number of benzene rings is 2. The molecule has 13 heteroatoms. The molecule has 0 aliphatic rings. The molecule has 29 heavy (non-hydrogen) atoms. The highest BCUT2D eigenvalue weighted by Gasteiger charge is 2.19. The molecule has 0 fully saturated rings. The molecule has 0 atom stereocenters. The molecular weight excluding hydrogens is 412 g/mol. The van der Waals surface area contributed by atoms with Crippen molar-refractivity contribution in [1.29, 1.82) is 0 Å². The summed E-state index contributed by atoms with van der Waals surface area (Å²) in [5.74, 6) is -5.88. The van der Waals surface area contributed by atoms with Gasteiger partial charge < -0.3 is 31.8 Å². The minimum Gasteiger partial charge on any atom is -0.474 e. The summed E-state index contributed by atoms with van der Waals surface area (Å²) in [6.07, 6.45) is 0. The molecule has 0 aliphatic carbocycles. The maximum Gasteiger partial charge on any atom is 0.394 e. The highest BCUT2D eigenvalue weighted by molar-refractivity contribution is 7.91. The van der Waals surface area contributed by atoms with Gasteiger partial charge in [-0.2, -0.15) is 0 Å². The lowest BCUT2D eigenvalue weighted by molar-refractivity contribution is -0.147. The summed E-state index contributed by atoms with van der Waals surface area (Å²) in [6, 6.07) is 9.67. The Morgan fingerprint density at radius 3 is 1.14 bits per heavy atom. The zero-order chi connectivity index (χ0) is 20.2. The third-order valence-corrected chi connectivity index (χ3v) is 5.02. The minimum atomic E-state index is -3.92. The standard InChI is InChI=1S/C16H12N2O8S.2H2O/c19-13(15(21)22)17-9-1-5-11(6-2-9)27(25,26)12-7-3-10(4-8-12)18-14(20)16(23)24;;/h1-8H,(H,17,19)(H,18,20)(H,21,22)(H,23,24);2*1H2. The Kier molecular flexibility index (Phi) is 8.63. The third kappa shape index (κ3) is 6.10. The quantitative estimate of drug-likeness (QED) is 0.436. The average Bonchev–Trinajstić information content (AvgIpc) is 2.62. The van der Waals surface area contributed by atoms with Crippen molar-refractivity contribution in [2.24, 2.45) is 0 Å². The second kappa shape index (κ2) is 9.93. The molecule has 156 valence electrons. The van der Waals surface area contributed by atoms with E-state index in [1.54, 1.807) is 0 Å². The van der Waals surface area contributed by atoms with E-state index in [0.717, 1.165) is 0 Å². The summed E-state index contributed by atoms with van der Waals surface area (Å²) in [6.45, 7) is 0. The van der Waals surface area contributed by atoms with Crippen molar-refractivity contribution in [2.75, 3.05) is 10.6 Å². The summed E-state index contributed by atoms with van der Waals surface area (Å²) >= 11 is 0. The average molecular weight is 428 g/mol. The summed E-state index contributed by atoms with van der Waals surface area (Å²) < 4.78 is 25.1. The molecular formula is C16H16N2O10S. The van der Waals surface area contributed by atoms with Crippen LogP contribution in [0.5, 0.6) is 0 Å². The Morgan fingerprint density at radius 2 is 0.897 bits per heavy atom. The smallest absolute Gasteiger partial charge is 0.394 e. The van der Waals surface area contributed by atoms with Crippen molar-refractivity contribution in [3.63, 3.8) is 0 Å². The van der Waals surface area contributed by atoms with Gasteiger partial charge in [-0.05, 0) is 48.5 Å². The number of rotatable bonds is 4. The molecule has 0 saturated heterocycles. The van der Waals surface area contributed by atoms with Gasteiger partial charge in [-0.3, -0.25) is 9.59 Å². The number of sulfone groups is 1. The van der Waals surface area contributed by atoms with Crippen molar-refractivity contribution in [2.45, 2.75) is 9.79 Å². The fourth-order valence-electron chi connectivity index (χ4n) is 1.94. The molecule has 2 aromatic carbocycles. The minimum absolute atomic E-state index is 0. The highest BCUT2D eigenvalue weighted by Crippen LogP contribution is 2.23. The van der Waals surface area contributed by atoms with E-state index in [4.69, 9.17) is 10.2 Å².